The topological polar surface area (TPSA) is 115 Å². The molecule has 0 spiro atoms. The van der Waals surface area contributed by atoms with Crippen LogP contribution in [0.15, 0.2) is 24.8 Å². The number of H-pyrrole nitrogens is 4. The Bertz CT molecular complexity index is 1000. The molecule has 8 heteroatoms. The van der Waals surface area contributed by atoms with E-state index in [9.17, 15) is 0 Å². The lowest BCUT2D eigenvalue weighted by Gasteiger charge is -2.00. The van der Waals surface area contributed by atoms with Crippen molar-refractivity contribution in [3.05, 3.63) is 70.9 Å². The molecule has 0 aliphatic carbocycles. The van der Waals surface area contributed by atoms with E-state index in [1.165, 1.54) is 22.8 Å². The van der Waals surface area contributed by atoms with Gasteiger partial charge in [0.15, 0.2) is 0 Å². The van der Waals surface area contributed by atoms with E-state index < -0.39 is 0 Å². The third kappa shape index (κ3) is 13.2. The van der Waals surface area contributed by atoms with E-state index in [2.05, 4.69) is 151 Å². The van der Waals surface area contributed by atoms with Crippen LogP contribution in [0.4, 0.5) is 0 Å². The van der Waals surface area contributed by atoms with Crippen molar-refractivity contribution in [3.63, 3.8) is 0 Å². The Morgan fingerprint density at radius 2 is 0.455 bits per heavy atom. The fraction of sp³-hybridized carbons (Fsp3) is 0.667. The highest BCUT2D eigenvalue weighted by atomic mass is 14.9. The monoisotopic (exact) mass is 609 g/mol. The first-order chi connectivity index (χ1) is 20.4. The molecule has 44 heavy (non-hydrogen) atoms. The second-order valence-corrected chi connectivity index (χ2v) is 14.1. The van der Waals surface area contributed by atoms with Crippen molar-refractivity contribution in [1.82, 2.24) is 39.9 Å². The standard InChI is InChI=1S/4C9H16N2/c4*1-6(2)8-5-10-9(11-8)7(3)4/h4*5-7H,1-4H3,(H,10,11). The molecule has 0 amide bonds. The largest absolute Gasteiger partial charge is 0.345 e. The molecule has 4 rings (SSSR count). The predicted octanol–water partition coefficient (Wildman–Crippen LogP) is 10.6. The zero-order valence-corrected chi connectivity index (χ0v) is 30.7. The molecule has 0 radical (unpaired) electrons. The summed E-state index contributed by atoms with van der Waals surface area (Å²) < 4.78 is 0. The van der Waals surface area contributed by atoms with E-state index in [1.807, 2.05) is 24.8 Å². The summed E-state index contributed by atoms with van der Waals surface area (Å²) in [4.78, 5) is 30.3. The predicted molar refractivity (Wildman–Crippen MR) is 187 cm³/mol. The molecule has 4 heterocycles. The van der Waals surface area contributed by atoms with Gasteiger partial charge in [0.2, 0.25) is 0 Å². The second-order valence-electron chi connectivity index (χ2n) is 14.1. The number of hydrogen-bond acceptors (Lipinski definition) is 4. The van der Waals surface area contributed by atoms with Gasteiger partial charge in [-0.05, 0) is 23.7 Å². The van der Waals surface area contributed by atoms with Gasteiger partial charge in [-0.3, -0.25) is 0 Å². The van der Waals surface area contributed by atoms with E-state index in [-0.39, 0.29) is 0 Å². The van der Waals surface area contributed by atoms with Crippen molar-refractivity contribution in [3.8, 4) is 0 Å². The third-order valence-electron chi connectivity index (χ3n) is 7.14. The molecule has 8 nitrogen and oxygen atoms in total. The number of aromatic amines is 4. The van der Waals surface area contributed by atoms with Crippen LogP contribution in [0, 0.1) is 0 Å². The minimum Gasteiger partial charge on any atom is -0.345 e. The molecule has 0 saturated heterocycles. The summed E-state index contributed by atoms with van der Waals surface area (Å²) in [5.74, 6) is 8.58. The lowest BCUT2D eigenvalue weighted by Crippen LogP contribution is -1.91. The van der Waals surface area contributed by atoms with Crippen molar-refractivity contribution < 1.29 is 0 Å². The van der Waals surface area contributed by atoms with Crippen LogP contribution in [0.5, 0.6) is 0 Å². The van der Waals surface area contributed by atoms with Crippen molar-refractivity contribution >= 4 is 0 Å². The lowest BCUT2D eigenvalue weighted by molar-refractivity contribution is 0.771. The van der Waals surface area contributed by atoms with E-state index >= 15 is 0 Å². The first-order valence-electron chi connectivity index (χ1n) is 16.6. The minimum absolute atomic E-state index is 0.502. The van der Waals surface area contributed by atoms with Gasteiger partial charge in [0.25, 0.3) is 0 Å². The summed E-state index contributed by atoms with van der Waals surface area (Å²) in [6.45, 7) is 34.4. The molecule has 0 atom stereocenters. The number of rotatable bonds is 8. The van der Waals surface area contributed by atoms with Gasteiger partial charge in [0, 0.05) is 71.2 Å². The second kappa shape index (κ2) is 18.6. The van der Waals surface area contributed by atoms with Gasteiger partial charge < -0.3 is 19.9 Å². The van der Waals surface area contributed by atoms with Crippen molar-refractivity contribution in [2.75, 3.05) is 0 Å². The Kier molecular flexibility index (Phi) is 16.4. The highest BCUT2D eigenvalue weighted by molar-refractivity contribution is 5.09. The third-order valence-corrected chi connectivity index (χ3v) is 7.14. The van der Waals surface area contributed by atoms with Crippen molar-refractivity contribution in [2.24, 2.45) is 0 Å². The number of nitrogens with one attached hydrogen (secondary N) is 4. The smallest absolute Gasteiger partial charge is 0.108 e. The number of aromatic nitrogens is 8. The average molecular weight is 609 g/mol. The molecule has 0 fully saturated rings. The zero-order chi connectivity index (χ0) is 33.7. The van der Waals surface area contributed by atoms with Gasteiger partial charge in [-0.2, -0.15) is 0 Å². The minimum atomic E-state index is 0.502. The van der Waals surface area contributed by atoms with Crippen LogP contribution >= 0.6 is 0 Å². The normalized spacial score (nSPS) is 11.5. The van der Waals surface area contributed by atoms with Crippen molar-refractivity contribution in [1.29, 1.82) is 0 Å². The number of nitrogens with zero attached hydrogens (tertiary/aromatic N) is 4. The molecule has 0 bridgehead atoms. The Labute approximate surface area is 268 Å². The summed E-state index contributed by atoms with van der Waals surface area (Å²) in [5.41, 5.74) is 4.92. The zero-order valence-electron chi connectivity index (χ0n) is 30.7. The molecule has 248 valence electrons. The van der Waals surface area contributed by atoms with Crippen LogP contribution in [-0.4, -0.2) is 39.9 Å². The fourth-order valence-electron chi connectivity index (χ4n) is 3.75. The van der Waals surface area contributed by atoms with Gasteiger partial charge in [-0.25, -0.2) is 19.9 Å². The Balaban J connectivity index is 0.000000293. The van der Waals surface area contributed by atoms with Gasteiger partial charge >= 0.3 is 0 Å². The maximum Gasteiger partial charge on any atom is 0.108 e. The van der Waals surface area contributed by atoms with Crippen LogP contribution in [0.25, 0.3) is 0 Å². The molecule has 4 aromatic rings. The van der Waals surface area contributed by atoms with Crippen LogP contribution < -0.4 is 0 Å². The van der Waals surface area contributed by atoms with E-state index in [0.29, 0.717) is 47.3 Å². The molecule has 0 aliphatic heterocycles. The van der Waals surface area contributed by atoms with Crippen LogP contribution in [-0.2, 0) is 0 Å². The van der Waals surface area contributed by atoms with Gasteiger partial charge in [-0.1, -0.05) is 111 Å². The maximum absolute atomic E-state index is 4.28. The molecular formula is C36H64N8. The molecular weight excluding hydrogens is 544 g/mol. The summed E-state index contributed by atoms with van der Waals surface area (Å²) >= 11 is 0. The van der Waals surface area contributed by atoms with Crippen LogP contribution in [0.3, 0.4) is 0 Å². The van der Waals surface area contributed by atoms with E-state index in [0.717, 1.165) is 23.3 Å². The van der Waals surface area contributed by atoms with Gasteiger partial charge in [0.05, 0.1) is 0 Å². The highest BCUT2D eigenvalue weighted by Gasteiger charge is 2.08. The van der Waals surface area contributed by atoms with Crippen LogP contribution in [0.1, 0.15) is 204 Å². The molecule has 0 aliphatic rings. The average Bonchev–Trinajstić information content (AvgIpc) is 3.76. The Morgan fingerprint density at radius 1 is 0.295 bits per heavy atom. The Hall–Kier alpha value is -3.16. The number of hydrogen-bond donors (Lipinski definition) is 4. The van der Waals surface area contributed by atoms with E-state index in [1.54, 1.807) is 0 Å². The summed E-state index contributed by atoms with van der Waals surface area (Å²) in [7, 11) is 0. The summed E-state index contributed by atoms with van der Waals surface area (Å²) in [6.07, 6.45) is 7.72. The molecule has 0 unspecified atom stereocenters. The quantitative estimate of drug-likeness (QED) is 0.159. The Morgan fingerprint density at radius 3 is 0.523 bits per heavy atom. The summed E-state index contributed by atoms with van der Waals surface area (Å²) in [6, 6.07) is 0. The van der Waals surface area contributed by atoms with Gasteiger partial charge in [0.1, 0.15) is 23.3 Å². The lowest BCUT2D eigenvalue weighted by atomic mass is 10.1. The van der Waals surface area contributed by atoms with Gasteiger partial charge in [-0.15, -0.1) is 0 Å². The van der Waals surface area contributed by atoms with E-state index in [4.69, 9.17) is 0 Å². The maximum atomic E-state index is 4.28. The highest BCUT2D eigenvalue weighted by Crippen LogP contribution is 2.18. The first-order valence-corrected chi connectivity index (χ1v) is 16.6. The molecule has 0 saturated carbocycles. The molecule has 4 N–H and O–H groups in total. The number of imidazole rings is 4. The van der Waals surface area contributed by atoms with Crippen LogP contribution in [0.2, 0.25) is 0 Å². The SMILES string of the molecule is CC(C)c1cnc(C(C)C)[nH]1.CC(C)c1cnc(C(C)C)[nH]1.CC(C)c1cnc(C(C)C)[nH]1.CC(C)c1cnc(C(C)C)[nH]1. The summed E-state index contributed by atoms with van der Waals surface area (Å²) in [5, 5.41) is 0. The van der Waals surface area contributed by atoms with Crippen molar-refractivity contribution in [2.45, 2.75) is 158 Å². The molecule has 0 aromatic carbocycles. The first kappa shape index (κ1) is 38.9. The molecule has 4 aromatic heterocycles. The fourth-order valence-corrected chi connectivity index (χ4v) is 3.75.